The quantitative estimate of drug-likeness (QED) is 0.778. The summed E-state index contributed by atoms with van der Waals surface area (Å²) in [6.07, 6.45) is 0.832. The lowest BCUT2D eigenvalue weighted by molar-refractivity contribution is 0.105. The Hall–Kier alpha value is -2.04. The molecule has 2 rings (SSSR count). The molecule has 2 aromatic carbocycles. The Bertz CT molecular complexity index is 653. The van der Waals surface area contributed by atoms with Crippen LogP contribution in [0.15, 0.2) is 42.5 Å². The molecule has 0 bridgehead atoms. The van der Waals surface area contributed by atoms with Crippen LogP contribution in [-0.2, 0) is 13.1 Å². The van der Waals surface area contributed by atoms with Crippen LogP contribution in [0.3, 0.4) is 0 Å². The van der Waals surface area contributed by atoms with Crippen molar-refractivity contribution in [2.24, 2.45) is 0 Å². The largest absolute Gasteiger partial charge is 0.507 e. The van der Waals surface area contributed by atoms with Crippen molar-refractivity contribution in [1.82, 2.24) is 4.90 Å². The van der Waals surface area contributed by atoms with Gasteiger partial charge in [-0.3, -0.25) is 4.90 Å². The van der Waals surface area contributed by atoms with Crippen LogP contribution < -0.4 is 4.74 Å². The van der Waals surface area contributed by atoms with Crippen molar-refractivity contribution in [3.8, 4) is 11.5 Å². The Morgan fingerprint density at radius 2 is 1.83 bits per heavy atom. The molecule has 0 aliphatic heterocycles. The number of aryl methyl sites for hydroxylation is 1. The molecule has 1 atom stereocenters. The van der Waals surface area contributed by atoms with E-state index in [9.17, 15) is 10.2 Å². The lowest BCUT2D eigenvalue weighted by Crippen LogP contribution is -2.36. The summed E-state index contributed by atoms with van der Waals surface area (Å²) in [5.41, 5.74) is 3.19. The van der Waals surface area contributed by atoms with E-state index in [0.717, 1.165) is 12.0 Å². The Morgan fingerprint density at radius 1 is 1.08 bits per heavy atom. The number of nitrogens with zero attached hydrogens (tertiary/aromatic N) is 1. The van der Waals surface area contributed by atoms with Crippen LogP contribution in [0.4, 0.5) is 0 Å². The number of rotatable bonds is 8. The van der Waals surface area contributed by atoms with Crippen LogP contribution in [0, 0.1) is 6.92 Å². The fourth-order valence-corrected chi connectivity index (χ4v) is 2.93. The van der Waals surface area contributed by atoms with Crippen molar-refractivity contribution in [2.75, 3.05) is 13.7 Å². The monoisotopic (exact) mass is 329 g/mol. The highest BCUT2D eigenvalue weighted by molar-refractivity contribution is 5.44. The molecule has 0 aliphatic rings. The fraction of sp³-hybridized carbons (Fsp3) is 0.400. The molecule has 0 saturated carbocycles. The molecule has 2 aromatic rings. The van der Waals surface area contributed by atoms with Crippen LogP contribution >= 0.6 is 0 Å². The minimum Gasteiger partial charge on any atom is -0.507 e. The van der Waals surface area contributed by atoms with Crippen molar-refractivity contribution in [2.45, 2.75) is 39.4 Å². The zero-order valence-electron chi connectivity index (χ0n) is 14.7. The van der Waals surface area contributed by atoms with E-state index >= 15 is 0 Å². The maximum Gasteiger partial charge on any atom is 0.127 e. The fourth-order valence-electron chi connectivity index (χ4n) is 2.93. The molecule has 0 saturated heterocycles. The minimum atomic E-state index is 0.0221. The third-order valence-electron chi connectivity index (χ3n) is 4.52. The smallest absolute Gasteiger partial charge is 0.127 e. The van der Waals surface area contributed by atoms with Gasteiger partial charge in [0.25, 0.3) is 0 Å². The summed E-state index contributed by atoms with van der Waals surface area (Å²) in [6, 6.07) is 13.6. The van der Waals surface area contributed by atoms with E-state index in [2.05, 4.69) is 30.9 Å². The summed E-state index contributed by atoms with van der Waals surface area (Å²) >= 11 is 0. The molecule has 4 nitrogen and oxygen atoms in total. The zero-order valence-corrected chi connectivity index (χ0v) is 14.7. The number of aliphatic hydroxyl groups excluding tert-OH is 1. The third kappa shape index (κ3) is 4.28. The summed E-state index contributed by atoms with van der Waals surface area (Å²) in [7, 11) is 1.60. The van der Waals surface area contributed by atoms with E-state index in [1.54, 1.807) is 19.2 Å². The van der Waals surface area contributed by atoms with Gasteiger partial charge in [-0.15, -0.1) is 0 Å². The maximum atomic E-state index is 10.3. The molecule has 130 valence electrons. The highest BCUT2D eigenvalue weighted by atomic mass is 16.5. The predicted molar refractivity (Wildman–Crippen MR) is 96.2 cm³/mol. The molecule has 0 unspecified atom stereocenters. The Kier molecular flexibility index (Phi) is 6.64. The molecule has 0 aromatic heterocycles. The van der Waals surface area contributed by atoms with Crippen LogP contribution in [0.1, 0.15) is 30.0 Å². The van der Waals surface area contributed by atoms with E-state index in [1.165, 1.54) is 11.1 Å². The highest BCUT2D eigenvalue weighted by Crippen LogP contribution is 2.30. The van der Waals surface area contributed by atoms with Gasteiger partial charge >= 0.3 is 0 Å². The SMILES string of the molecule is CC[C@@H](CO)N(Cc1ccccc1C)Cc1c(O)cccc1OC. The second-order valence-corrected chi connectivity index (χ2v) is 6.03. The Labute approximate surface area is 144 Å². The molecule has 0 aliphatic carbocycles. The molecule has 0 amide bonds. The molecule has 0 heterocycles. The van der Waals surface area contributed by atoms with Crippen LogP contribution in [0.2, 0.25) is 0 Å². The Morgan fingerprint density at radius 3 is 2.46 bits per heavy atom. The number of aromatic hydroxyl groups is 1. The summed E-state index contributed by atoms with van der Waals surface area (Å²) in [5.74, 6) is 0.884. The standard InChI is InChI=1S/C20H27NO3/c1-4-17(14-22)21(12-16-9-6-5-8-15(16)2)13-18-19(23)10-7-11-20(18)24-3/h5-11,17,22-23H,4,12-14H2,1-3H3/t17-/m0/s1. The molecular formula is C20H27NO3. The molecule has 2 N–H and O–H groups in total. The maximum absolute atomic E-state index is 10.3. The van der Waals surface area contributed by atoms with Gasteiger partial charge in [-0.1, -0.05) is 37.3 Å². The molecular weight excluding hydrogens is 302 g/mol. The van der Waals surface area contributed by atoms with E-state index in [4.69, 9.17) is 4.74 Å². The second-order valence-electron chi connectivity index (χ2n) is 6.03. The van der Waals surface area contributed by atoms with Gasteiger partial charge in [0.15, 0.2) is 0 Å². The lowest BCUT2D eigenvalue weighted by Gasteiger charge is -2.31. The first-order valence-electron chi connectivity index (χ1n) is 8.34. The van der Waals surface area contributed by atoms with Crippen molar-refractivity contribution in [1.29, 1.82) is 0 Å². The first-order valence-corrected chi connectivity index (χ1v) is 8.34. The first kappa shape index (κ1) is 18.3. The average Bonchev–Trinajstić information content (AvgIpc) is 2.59. The minimum absolute atomic E-state index is 0.0221. The summed E-state index contributed by atoms with van der Waals surface area (Å²) in [6.45, 7) is 5.46. The number of hydrogen-bond acceptors (Lipinski definition) is 4. The normalized spacial score (nSPS) is 12.4. The summed E-state index contributed by atoms with van der Waals surface area (Å²) in [5, 5.41) is 20.0. The van der Waals surface area contributed by atoms with E-state index in [0.29, 0.717) is 18.8 Å². The second kappa shape index (κ2) is 8.71. The first-order chi connectivity index (χ1) is 11.6. The van der Waals surface area contributed by atoms with Crippen molar-refractivity contribution in [3.63, 3.8) is 0 Å². The number of benzene rings is 2. The Balaban J connectivity index is 2.32. The molecule has 0 fully saturated rings. The van der Waals surface area contributed by atoms with Crippen molar-refractivity contribution in [3.05, 3.63) is 59.2 Å². The van der Waals surface area contributed by atoms with Gasteiger partial charge in [0.2, 0.25) is 0 Å². The number of phenols is 1. The van der Waals surface area contributed by atoms with Crippen molar-refractivity contribution < 1.29 is 14.9 Å². The van der Waals surface area contributed by atoms with Crippen molar-refractivity contribution >= 4 is 0 Å². The van der Waals surface area contributed by atoms with Gasteiger partial charge in [0.05, 0.1) is 13.7 Å². The van der Waals surface area contributed by atoms with Gasteiger partial charge in [-0.2, -0.15) is 0 Å². The van der Waals surface area contributed by atoms with Gasteiger partial charge in [-0.25, -0.2) is 0 Å². The summed E-state index contributed by atoms with van der Waals surface area (Å²) in [4.78, 5) is 2.19. The van der Waals surface area contributed by atoms with Gasteiger partial charge in [-0.05, 0) is 36.6 Å². The molecule has 0 radical (unpaired) electrons. The molecule has 24 heavy (non-hydrogen) atoms. The topological polar surface area (TPSA) is 52.9 Å². The lowest BCUT2D eigenvalue weighted by atomic mass is 10.0. The van der Waals surface area contributed by atoms with Crippen LogP contribution in [0.25, 0.3) is 0 Å². The number of aliphatic hydroxyl groups is 1. The number of ether oxygens (including phenoxy) is 1. The van der Waals surface area contributed by atoms with E-state index in [1.807, 2.05) is 18.2 Å². The predicted octanol–water partition coefficient (Wildman–Crippen LogP) is 3.48. The number of methoxy groups -OCH3 is 1. The number of phenolic OH excluding ortho intramolecular Hbond substituents is 1. The summed E-state index contributed by atoms with van der Waals surface area (Å²) < 4.78 is 5.40. The van der Waals surface area contributed by atoms with Crippen LogP contribution in [0.5, 0.6) is 11.5 Å². The number of hydrogen-bond donors (Lipinski definition) is 2. The molecule has 4 heteroatoms. The van der Waals surface area contributed by atoms with Gasteiger partial charge < -0.3 is 14.9 Å². The zero-order chi connectivity index (χ0) is 17.5. The van der Waals surface area contributed by atoms with Gasteiger partial charge in [0.1, 0.15) is 11.5 Å². The van der Waals surface area contributed by atoms with E-state index in [-0.39, 0.29) is 18.4 Å². The highest BCUT2D eigenvalue weighted by Gasteiger charge is 2.21. The average molecular weight is 329 g/mol. The third-order valence-corrected chi connectivity index (χ3v) is 4.52. The van der Waals surface area contributed by atoms with Gasteiger partial charge in [0, 0.05) is 24.7 Å². The van der Waals surface area contributed by atoms with Crippen LogP contribution in [-0.4, -0.2) is 34.9 Å². The van der Waals surface area contributed by atoms with E-state index < -0.39 is 0 Å². The molecule has 0 spiro atoms.